The van der Waals surface area contributed by atoms with Gasteiger partial charge in [-0.25, -0.2) is 4.98 Å². The number of hydrogen-bond donors (Lipinski definition) is 2. The molecule has 0 aliphatic heterocycles. The first-order valence-electron chi connectivity index (χ1n) is 11.9. The molecule has 1 aromatic carbocycles. The quantitative estimate of drug-likeness (QED) is 0.517. The molecule has 1 spiro atoms. The minimum absolute atomic E-state index is 0.01000. The van der Waals surface area contributed by atoms with E-state index < -0.39 is 23.6 Å². The summed E-state index contributed by atoms with van der Waals surface area (Å²) in [5, 5.41) is 6.99. The van der Waals surface area contributed by atoms with Gasteiger partial charge in [-0.15, -0.1) is 0 Å². The molecule has 5 rings (SSSR count). The van der Waals surface area contributed by atoms with E-state index in [1.54, 1.807) is 30.8 Å². The van der Waals surface area contributed by atoms with E-state index >= 15 is 0 Å². The number of pyridine rings is 1. The van der Waals surface area contributed by atoms with Crippen molar-refractivity contribution >= 4 is 11.8 Å². The lowest BCUT2D eigenvalue weighted by molar-refractivity contribution is -0.137. The zero-order chi connectivity index (χ0) is 26.5. The first kappa shape index (κ1) is 24.8. The molecule has 37 heavy (non-hydrogen) atoms. The summed E-state index contributed by atoms with van der Waals surface area (Å²) in [5.74, 6) is -0.941. The number of nitrogens with one attached hydrogen (secondary N) is 1. The van der Waals surface area contributed by atoms with Crippen molar-refractivity contribution in [3.63, 3.8) is 0 Å². The zero-order valence-corrected chi connectivity index (χ0v) is 20.3. The van der Waals surface area contributed by atoms with Crippen LogP contribution in [-0.2, 0) is 13.2 Å². The summed E-state index contributed by atoms with van der Waals surface area (Å²) < 4.78 is 48.2. The molecule has 194 valence electrons. The van der Waals surface area contributed by atoms with Crippen molar-refractivity contribution in [1.82, 2.24) is 20.1 Å². The molecule has 0 saturated heterocycles. The van der Waals surface area contributed by atoms with Gasteiger partial charge in [0.2, 0.25) is 5.88 Å². The summed E-state index contributed by atoms with van der Waals surface area (Å²) in [5.41, 5.74) is 6.21. The topological polar surface area (TPSA) is 112 Å². The molecule has 11 heteroatoms. The van der Waals surface area contributed by atoms with Crippen LogP contribution >= 0.6 is 0 Å². The maximum absolute atomic E-state index is 13.6. The Hall–Kier alpha value is -3.89. The van der Waals surface area contributed by atoms with Gasteiger partial charge in [0, 0.05) is 36.1 Å². The van der Waals surface area contributed by atoms with E-state index in [0.717, 1.165) is 25.0 Å². The van der Waals surface area contributed by atoms with Gasteiger partial charge in [-0.3, -0.25) is 14.3 Å². The average molecular weight is 514 g/mol. The smallest absolute Gasteiger partial charge is 0.416 e. The van der Waals surface area contributed by atoms with E-state index in [0.29, 0.717) is 29.7 Å². The van der Waals surface area contributed by atoms with Gasteiger partial charge in [0.05, 0.1) is 11.8 Å². The third-order valence-electron chi connectivity index (χ3n) is 7.40. The number of carbonyl (C=O) groups excluding carboxylic acids is 2. The fraction of sp³-hybridized carbons (Fsp3) is 0.385. The Morgan fingerprint density at radius 1 is 1.19 bits per heavy atom. The summed E-state index contributed by atoms with van der Waals surface area (Å²) in [6.45, 7) is 1.76. The van der Waals surface area contributed by atoms with Crippen molar-refractivity contribution < 1.29 is 27.5 Å². The summed E-state index contributed by atoms with van der Waals surface area (Å²) in [4.78, 5) is 28.6. The molecule has 2 saturated carbocycles. The monoisotopic (exact) mass is 513 g/mol. The fourth-order valence-corrected chi connectivity index (χ4v) is 5.37. The molecule has 3 N–H and O–H groups in total. The number of primary amides is 1. The number of halogens is 3. The van der Waals surface area contributed by atoms with Gasteiger partial charge in [-0.1, -0.05) is 0 Å². The highest BCUT2D eigenvalue weighted by molar-refractivity contribution is 5.96. The number of carbonyl (C=O) groups is 2. The molecule has 3 aromatic rings. The van der Waals surface area contributed by atoms with Crippen LogP contribution in [0.25, 0.3) is 11.1 Å². The first-order chi connectivity index (χ1) is 17.4. The lowest BCUT2D eigenvalue weighted by Crippen LogP contribution is -2.58. The van der Waals surface area contributed by atoms with Crippen LogP contribution in [0.3, 0.4) is 0 Å². The number of rotatable bonds is 6. The highest BCUT2D eigenvalue weighted by atomic mass is 19.4. The highest BCUT2D eigenvalue weighted by Gasteiger charge is 2.54. The number of amides is 2. The third kappa shape index (κ3) is 4.77. The molecule has 2 amide bonds. The average Bonchev–Trinajstić information content (AvgIpc) is 3.13. The Bertz CT molecular complexity index is 1370. The Kier molecular flexibility index (Phi) is 5.96. The molecule has 0 unspecified atom stereocenters. The van der Waals surface area contributed by atoms with E-state index in [4.69, 9.17) is 10.5 Å². The summed E-state index contributed by atoms with van der Waals surface area (Å²) in [7, 11) is 1.70. The van der Waals surface area contributed by atoms with E-state index in [1.165, 1.54) is 18.5 Å². The van der Waals surface area contributed by atoms with Gasteiger partial charge in [-0.2, -0.15) is 18.3 Å². The third-order valence-corrected chi connectivity index (χ3v) is 7.40. The molecule has 0 bridgehead atoms. The van der Waals surface area contributed by atoms with E-state index in [1.807, 2.05) is 0 Å². The number of alkyl halides is 3. The fourth-order valence-electron chi connectivity index (χ4n) is 5.37. The second kappa shape index (κ2) is 8.89. The van der Waals surface area contributed by atoms with Gasteiger partial charge >= 0.3 is 6.18 Å². The van der Waals surface area contributed by atoms with Crippen LogP contribution in [0.5, 0.6) is 5.88 Å². The van der Waals surface area contributed by atoms with Gasteiger partial charge in [0.15, 0.2) is 0 Å². The minimum Gasteiger partial charge on any atom is -0.474 e. The first-order valence-corrected chi connectivity index (χ1v) is 11.9. The molecule has 0 radical (unpaired) electrons. The van der Waals surface area contributed by atoms with Crippen LogP contribution in [0.15, 0.2) is 42.7 Å². The van der Waals surface area contributed by atoms with E-state index in [2.05, 4.69) is 15.4 Å². The second-order valence-corrected chi connectivity index (χ2v) is 10.0. The van der Waals surface area contributed by atoms with Gasteiger partial charge in [0.25, 0.3) is 11.8 Å². The van der Waals surface area contributed by atoms with Crippen molar-refractivity contribution in [3.8, 4) is 17.0 Å². The van der Waals surface area contributed by atoms with Crippen LogP contribution < -0.4 is 15.8 Å². The molecule has 8 nitrogen and oxygen atoms in total. The number of nitrogens with zero attached hydrogens (tertiary/aromatic N) is 3. The molecular weight excluding hydrogens is 487 g/mol. The number of ether oxygens (including phenoxy) is 1. The summed E-state index contributed by atoms with van der Waals surface area (Å²) in [6.07, 6.45) is 1.20. The van der Waals surface area contributed by atoms with Crippen molar-refractivity contribution in [2.45, 2.75) is 50.9 Å². The summed E-state index contributed by atoms with van der Waals surface area (Å²) in [6, 6.07) is 6.43. The lowest BCUT2D eigenvalue weighted by Gasteiger charge is -2.57. The molecule has 2 aromatic heterocycles. The zero-order valence-electron chi connectivity index (χ0n) is 20.3. The maximum Gasteiger partial charge on any atom is 0.416 e. The standard InChI is InChI=1S/C26H26F3N5O3/c1-14-21(13-32-34(14)2)15-6-16(8-17(7-15)26(27,28)29)23(36)33-18-9-25(10-18)11-19(12-25)37-24-20(22(30)35)4-3-5-31-24/h3-8,13,18-19H,9-12H2,1-2H3,(H2,30,35)(H,33,36). The number of benzene rings is 1. The molecule has 2 fully saturated rings. The Balaban J connectivity index is 1.22. The number of aromatic nitrogens is 3. The Morgan fingerprint density at radius 3 is 2.54 bits per heavy atom. The van der Waals surface area contributed by atoms with Gasteiger partial charge in [-0.05, 0) is 73.9 Å². The van der Waals surface area contributed by atoms with Crippen LogP contribution in [0.2, 0.25) is 0 Å². The largest absolute Gasteiger partial charge is 0.474 e. The Morgan fingerprint density at radius 2 is 1.92 bits per heavy atom. The van der Waals surface area contributed by atoms with Crippen molar-refractivity contribution in [2.24, 2.45) is 18.2 Å². The molecule has 2 heterocycles. The normalized spacial score (nSPS) is 22.7. The molecule has 0 atom stereocenters. The van der Waals surface area contributed by atoms with Gasteiger partial charge in [0.1, 0.15) is 11.7 Å². The lowest BCUT2D eigenvalue weighted by atomic mass is 9.53. The number of nitrogens with two attached hydrogens (primary N) is 1. The Labute approximate surface area is 211 Å². The SMILES string of the molecule is Cc1c(-c2cc(C(=O)NC3CC4(C3)CC(Oc3ncccc3C(N)=O)C4)cc(C(F)(F)F)c2)cnn1C. The second-order valence-electron chi connectivity index (χ2n) is 10.0. The van der Waals surface area contributed by atoms with E-state index in [-0.39, 0.29) is 34.6 Å². The van der Waals surface area contributed by atoms with E-state index in [9.17, 15) is 22.8 Å². The van der Waals surface area contributed by atoms with Crippen molar-refractivity contribution in [2.75, 3.05) is 0 Å². The number of aryl methyl sites for hydroxylation is 1. The predicted octanol–water partition coefficient (Wildman–Crippen LogP) is 4.03. The molecule has 2 aliphatic rings. The highest BCUT2D eigenvalue weighted by Crippen LogP contribution is 2.56. The van der Waals surface area contributed by atoms with Crippen LogP contribution in [0.4, 0.5) is 13.2 Å². The van der Waals surface area contributed by atoms with Crippen LogP contribution in [0, 0.1) is 12.3 Å². The van der Waals surface area contributed by atoms with Crippen molar-refractivity contribution in [1.29, 1.82) is 0 Å². The minimum atomic E-state index is -4.59. The van der Waals surface area contributed by atoms with Crippen molar-refractivity contribution in [3.05, 3.63) is 65.1 Å². The van der Waals surface area contributed by atoms with Crippen LogP contribution in [0.1, 0.15) is 57.7 Å². The predicted molar refractivity (Wildman–Crippen MR) is 128 cm³/mol. The maximum atomic E-state index is 13.6. The summed E-state index contributed by atoms with van der Waals surface area (Å²) >= 11 is 0. The van der Waals surface area contributed by atoms with Crippen LogP contribution in [-0.4, -0.2) is 38.7 Å². The van der Waals surface area contributed by atoms with Gasteiger partial charge < -0.3 is 15.8 Å². The molecule has 2 aliphatic carbocycles. The number of hydrogen-bond acceptors (Lipinski definition) is 5. The molecular formula is C26H26F3N5O3.